The molecule has 1 saturated carbocycles. The normalized spacial score (nSPS) is 20.5. The van der Waals surface area contributed by atoms with Crippen LogP contribution in [0.5, 0.6) is 0 Å². The summed E-state index contributed by atoms with van der Waals surface area (Å²) in [7, 11) is 0. The van der Waals surface area contributed by atoms with Crippen LogP contribution in [0, 0.1) is 5.82 Å². The van der Waals surface area contributed by atoms with Crippen molar-refractivity contribution in [2.75, 3.05) is 19.6 Å². The van der Waals surface area contributed by atoms with Gasteiger partial charge in [-0.25, -0.2) is 9.07 Å². The van der Waals surface area contributed by atoms with Gasteiger partial charge in [-0.1, -0.05) is 24.5 Å². The minimum Gasteiger partial charge on any atom is -0.352 e. The Kier molecular flexibility index (Phi) is 5.15. The predicted octanol–water partition coefficient (Wildman–Crippen LogP) is 2.66. The van der Waals surface area contributed by atoms with Crippen molar-refractivity contribution in [1.29, 1.82) is 0 Å². The standard InChI is InChI=1S/C19H26FN5O/c20-14-6-7-18-17(12-14)22-23-25(18)16-8-10-24(11-9-16)13-19(26)21-15-4-2-1-3-5-15/h6-7,12,15-16H,1-5,8-11,13H2,(H,21,26). The first kappa shape index (κ1) is 17.4. The Bertz CT molecular complexity index is 762. The third-order valence-electron chi connectivity index (χ3n) is 5.67. The first-order chi connectivity index (χ1) is 12.7. The van der Waals surface area contributed by atoms with Gasteiger partial charge in [0.25, 0.3) is 0 Å². The third kappa shape index (κ3) is 3.87. The van der Waals surface area contributed by atoms with Crippen LogP contribution >= 0.6 is 0 Å². The molecule has 1 aliphatic heterocycles. The number of aromatic nitrogens is 3. The maximum atomic E-state index is 13.3. The fraction of sp³-hybridized carbons (Fsp3) is 0.632. The van der Waals surface area contributed by atoms with Gasteiger partial charge in [0.1, 0.15) is 11.3 Å². The van der Waals surface area contributed by atoms with Gasteiger partial charge in [0, 0.05) is 25.2 Å². The van der Waals surface area contributed by atoms with Gasteiger partial charge in [-0.3, -0.25) is 9.69 Å². The first-order valence-corrected chi connectivity index (χ1v) is 9.71. The lowest BCUT2D eigenvalue weighted by Crippen LogP contribution is -2.45. The van der Waals surface area contributed by atoms with E-state index in [0.29, 0.717) is 18.1 Å². The Morgan fingerprint density at radius 3 is 2.69 bits per heavy atom. The van der Waals surface area contributed by atoms with Crippen molar-refractivity contribution < 1.29 is 9.18 Å². The summed E-state index contributed by atoms with van der Waals surface area (Å²) >= 11 is 0. The summed E-state index contributed by atoms with van der Waals surface area (Å²) in [5, 5.41) is 11.5. The topological polar surface area (TPSA) is 63.1 Å². The second-order valence-corrected chi connectivity index (χ2v) is 7.58. The first-order valence-electron chi connectivity index (χ1n) is 9.71. The van der Waals surface area contributed by atoms with E-state index in [9.17, 15) is 9.18 Å². The van der Waals surface area contributed by atoms with E-state index in [-0.39, 0.29) is 17.8 Å². The van der Waals surface area contributed by atoms with Crippen molar-refractivity contribution in [3.63, 3.8) is 0 Å². The third-order valence-corrected chi connectivity index (χ3v) is 5.67. The maximum Gasteiger partial charge on any atom is 0.234 e. The van der Waals surface area contributed by atoms with Gasteiger partial charge in [-0.05, 0) is 37.8 Å². The van der Waals surface area contributed by atoms with Gasteiger partial charge in [-0.15, -0.1) is 5.10 Å². The van der Waals surface area contributed by atoms with E-state index >= 15 is 0 Å². The van der Waals surface area contributed by atoms with Gasteiger partial charge in [-0.2, -0.15) is 0 Å². The molecule has 0 radical (unpaired) electrons. The van der Waals surface area contributed by atoms with E-state index in [1.807, 2.05) is 4.68 Å². The maximum absolute atomic E-state index is 13.3. The van der Waals surface area contributed by atoms with Crippen molar-refractivity contribution in [3.8, 4) is 0 Å². The number of rotatable bonds is 4. The molecule has 1 amide bonds. The highest BCUT2D eigenvalue weighted by molar-refractivity contribution is 5.78. The zero-order valence-electron chi connectivity index (χ0n) is 15.0. The fourth-order valence-electron chi connectivity index (χ4n) is 4.23. The zero-order chi connectivity index (χ0) is 17.9. The van der Waals surface area contributed by atoms with Gasteiger partial charge in [0.15, 0.2) is 0 Å². The highest BCUT2D eigenvalue weighted by atomic mass is 19.1. The quantitative estimate of drug-likeness (QED) is 0.912. The highest BCUT2D eigenvalue weighted by Gasteiger charge is 2.25. The molecule has 1 N–H and O–H groups in total. The van der Waals surface area contributed by atoms with E-state index < -0.39 is 0 Å². The zero-order valence-corrected chi connectivity index (χ0v) is 15.0. The number of nitrogens with zero attached hydrogens (tertiary/aromatic N) is 4. The minimum atomic E-state index is -0.289. The van der Waals surface area contributed by atoms with Crippen LogP contribution in [-0.2, 0) is 4.79 Å². The van der Waals surface area contributed by atoms with Gasteiger partial charge in [0.05, 0.1) is 18.1 Å². The summed E-state index contributed by atoms with van der Waals surface area (Å²) in [6.07, 6.45) is 7.84. The van der Waals surface area contributed by atoms with Gasteiger partial charge >= 0.3 is 0 Å². The molecule has 1 aliphatic carbocycles. The number of likely N-dealkylation sites (tertiary alicyclic amines) is 1. The molecule has 1 saturated heterocycles. The summed E-state index contributed by atoms with van der Waals surface area (Å²) in [5.41, 5.74) is 1.47. The number of benzene rings is 1. The number of amides is 1. The van der Waals surface area contributed by atoms with Crippen LogP contribution in [-0.4, -0.2) is 51.5 Å². The van der Waals surface area contributed by atoms with Crippen LogP contribution in [0.2, 0.25) is 0 Å². The molecule has 140 valence electrons. The van der Waals surface area contributed by atoms with Crippen LogP contribution in [0.4, 0.5) is 4.39 Å². The number of carbonyl (C=O) groups excluding carboxylic acids is 1. The number of nitrogens with one attached hydrogen (secondary N) is 1. The highest BCUT2D eigenvalue weighted by Crippen LogP contribution is 2.25. The number of carbonyl (C=O) groups is 1. The minimum absolute atomic E-state index is 0.150. The molecular weight excluding hydrogens is 333 g/mol. The molecule has 4 rings (SSSR count). The Morgan fingerprint density at radius 2 is 1.92 bits per heavy atom. The summed E-state index contributed by atoms with van der Waals surface area (Å²) < 4.78 is 15.2. The van der Waals surface area contributed by atoms with E-state index in [0.717, 1.165) is 44.3 Å². The van der Waals surface area contributed by atoms with E-state index in [1.54, 1.807) is 6.07 Å². The fourth-order valence-corrected chi connectivity index (χ4v) is 4.23. The summed E-state index contributed by atoms with van der Waals surface area (Å²) in [6, 6.07) is 5.24. The SMILES string of the molecule is O=C(CN1CCC(n2nnc3cc(F)ccc32)CC1)NC1CCCCC1. The molecule has 2 fully saturated rings. The van der Waals surface area contributed by atoms with Crippen LogP contribution in [0.1, 0.15) is 51.0 Å². The Morgan fingerprint density at radius 1 is 1.15 bits per heavy atom. The smallest absolute Gasteiger partial charge is 0.234 e. The largest absolute Gasteiger partial charge is 0.352 e. The molecule has 2 aromatic rings. The molecule has 2 heterocycles. The lowest BCUT2D eigenvalue weighted by molar-refractivity contribution is -0.123. The summed E-state index contributed by atoms with van der Waals surface area (Å²) in [5.74, 6) is -0.139. The lowest BCUT2D eigenvalue weighted by atomic mass is 9.95. The molecule has 0 atom stereocenters. The van der Waals surface area contributed by atoms with Crippen molar-refractivity contribution >= 4 is 16.9 Å². The predicted molar refractivity (Wildman–Crippen MR) is 97.2 cm³/mol. The molecule has 0 bridgehead atoms. The van der Waals surface area contributed by atoms with E-state index in [4.69, 9.17) is 0 Å². The second kappa shape index (κ2) is 7.70. The van der Waals surface area contributed by atoms with Crippen molar-refractivity contribution in [3.05, 3.63) is 24.0 Å². The van der Waals surface area contributed by atoms with Crippen molar-refractivity contribution in [2.24, 2.45) is 0 Å². The van der Waals surface area contributed by atoms with Crippen LogP contribution in [0.15, 0.2) is 18.2 Å². The average Bonchev–Trinajstić information content (AvgIpc) is 3.06. The van der Waals surface area contributed by atoms with E-state index in [1.165, 1.54) is 31.4 Å². The molecule has 26 heavy (non-hydrogen) atoms. The lowest BCUT2D eigenvalue weighted by Gasteiger charge is -2.32. The van der Waals surface area contributed by atoms with Crippen LogP contribution in [0.25, 0.3) is 11.0 Å². The van der Waals surface area contributed by atoms with Crippen molar-refractivity contribution in [1.82, 2.24) is 25.2 Å². The molecule has 1 aromatic heterocycles. The Balaban J connectivity index is 1.30. The molecular formula is C19H26FN5O. The number of halogens is 1. The van der Waals surface area contributed by atoms with Gasteiger partial charge < -0.3 is 5.32 Å². The second-order valence-electron chi connectivity index (χ2n) is 7.58. The molecule has 6 nitrogen and oxygen atoms in total. The molecule has 0 spiro atoms. The summed E-state index contributed by atoms with van der Waals surface area (Å²) in [4.78, 5) is 14.5. The van der Waals surface area contributed by atoms with E-state index in [2.05, 4.69) is 20.5 Å². The Hall–Kier alpha value is -2.02. The number of hydrogen-bond donors (Lipinski definition) is 1. The van der Waals surface area contributed by atoms with Crippen LogP contribution in [0.3, 0.4) is 0 Å². The number of hydrogen-bond acceptors (Lipinski definition) is 4. The Labute approximate surface area is 152 Å². The molecule has 2 aliphatic rings. The molecule has 7 heteroatoms. The van der Waals surface area contributed by atoms with Crippen molar-refractivity contribution in [2.45, 2.75) is 57.0 Å². The molecule has 1 aromatic carbocycles. The number of piperidine rings is 1. The number of fused-ring (bicyclic) bond motifs is 1. The van der Waals surface area contributed by atoms with Gasteiger partial charge in [0.2, 0.25) is 5.91 Å². The monoisotopic (exact) mass is 359 g/mol. The summed E-state index contributed by atoms with van der Waals surface area (Å²) in [6.45, 7) is 2.21. The molecule has 0 unspecified atom stereocenters. The average molecular weight is 359 g/mol. The van der Waals surface area contributed by atoms with Crippen LogP contribution < -0.4 is 5.32 Å².